The fraction of sp³-hybridized carbons (Fsp3) is 0.450. The zero-order chi connectivity index (χ0) is 21.2. The third kappa shape index (κ3) is 6.41. The Hall–Kier alpha value is -3.23. The van der Waals surface area contributed by atoms with Crippen LogP contribution in [0.25, 0.3) is 5.82 Å². The number of nitrogens with one attached hydrogen (secondary N) is 1. The maximum atomic E-state index is 12.5. The molecule has 2 rings (SSSR count). The molecule has 0 aliphatic rings. The first-order chi connectivity index (χ1) is 13.9. The summed E-state index contributed by atoms with van der Waals surface area (Å²) in [7, 11) is 0. The molecule has 0 aromatic carbocycles. The molecule has 1 N–H and O–H groups in total. The second kappa shape index (κ2) is 10.9. The summed E-state index contributed by atoms with van der Waals surface area (Å²) >= 11 is 0. The maximum Gasteiger partial charge on any atom is 0.342 e. The normalized spacial score (nSPS) is 10.6. The van der Waals surface area contributed by atoms with Crippen molar-refractivity contribution < 1.29 is 23.9 Å². The molecule has 0 spiro atoms. The van der Waals surface area contributed by atoms with E-state index in [0.29, 0.717) is 36.6 Å². The summed E-state index contributed by atoms with van der Waals surface area (Å²) in [6, 6.07) is 5.42. The summed E-state index contributed by atoms with van der Waals surface area (Å²) < 4.78 is 11.5. The van der Waals surface area contributed by atoms with E-state index < -0.39 is 18.5 Å². The van der Waals surface area contributed by atoms with Gasteiger partial charge in [-0.1, -0.05) is 19.9 Å². The molecule has 29 heavy (non-hydrogen) atoms. The number of hydrogen-bond donors (Lipinski definition) is 1. The SMILES string of the molecule is CCOC(=O)CCCNC(=O)COC(=O)c1cnn(-c2ccccn2)c1C(C)C. The Morgan fingerprint density at radius 1 is 1.21 bits per heavy atom. The van der Waals surface area contributed by atoms with E-state index in [2.05, 4.69) is 15.4 Å². The van der Waals surface area contributed by atoms with Crippen molar-refractivity contribution in [1.29, 1.82) is 0 Å². The fourth-order valence-electron chi connectivity index (χ4n) is 2.69. The molecule has 2 heterocycles. The average molecular weight is 402 g/mol. The summed E-state index contributed by atoms with van der Waals surface area (Å²) in [6.45, 7) is 5.82. The van der Waals surface area contributed by atoms with Crippen LogP contribution in [0.3, 0.4) is 0 Å². The van der Waals surface area contributed by atoms with Crippen molar-refractivity contribution in [3.63, 3.8) is 0 Å². The smallest absolute Gasteiger partial charge is 0.342 e. The number of aromatic nitrogens is 3. The number of hydrogen-bond acceptors (Lipinski definition) is 7. The van der Waals surface area contributed by atoms with Crippen molar-refractivity contribution in [2.75, 3.05) is 19.8 Å². The van der Waals surface area contributed by atoms with E-state index in [1.165, 1.54) is 6.20 Å². The highest BCUT2D eigenvalue weighted by Crippen LogP contribution is 2.22. The predicted octanol–water partition coefficient (Wildman–Crippen LogP) is 2.01. The van der Waals surface area contributed by atoms with Crippen LogP contribution in [-0.4, -0.2) is 52.4 Å². The Labute approximate surface area is 169 Å². The first-order valence-corrected chi connectivity index (χ1v) is 9.52. The van der Waals surface area contributed by atoms with Gasteiger partial charge in [-0.05, 0) is 31.4 Å². The largest absolute Gasteiger partial charge is 0.466 e. The van der Waals surface area contributed by atoms with Gasteiger partial charge < -0.3 is 14.8 Å². The molecule has 156 valence electrons. The Bertz CT molecular complexity index is 833. The third-order valence-electron chi connectivity index (χ3n) is 3.96. The van der Waals surface area contributed by atoms with Gasteiger partial charge in [0.2, 0.25) is 0 Å². The lowest BCUT2D eigenvalue weighted by atomic mass is 10.1. The van der Waals surface area contributed by atoms with Gasteiger partial charge in [-0.2, -0.15) is 5.10 Å². The zero-order valence-electron chi connectivity index (χ0n) is 16.9. The van der Waals surface area contributed by atoms with Gasteiger partial charge in [0.05, 0.1) is 18.5 Å². The topological polar surface area (TPSA) is 112 Å². The van der Waals surface area contributed by atoms with Crippen molar-refractivity contribution >= 4 is 17.8 Å². The summed E-state index contributed by atoms with van der Waals surface area (Å²) in [5.74, 6) is -0.796. The van der Waals surface area contributed by atoms with Crippen LogP contribution in [0.1, 0.15) is 55.6 Å². The molecule has 1 amide bonds. The predicted molar refractivity (Wildman–Crippen MR) is 105 cm³/mol. The quantitative estimate of drug-likeness (QED) is 0.478. The van der Waals surface area contributed by atoms with Crippen LogP contribution >= 0.6 is 0 Å². The number of amides is 1. The lowest BCUT2D eigenvalue weighted by Crippen LogP contribution is -2.30. The molecule has 0 aliphatic carbocycles. The number of carbonyl (C=O) groups is 3. The second-order valence-corrected chi connectivity index (χ2v) is 6.53. The van der Waals surface area contributed by atoms with E-state index in [4.69, 9.17) is 9.47 Å². The molecule has 0 saturated carbocycles. The standard InChI is InChI=1S/C20H26N4O5/c1-4-28-18(26)9-7-11-22-17(25)13-29-20(27)15-12-23-24(19(15)14(2)3)16-8-5-6-10-21-16/h5-6,8,10,12,14H,4,7,9,11,13H2,1-3H3,(H,22,25). The van der Waals surface area contributed by atoms with Crippen LogP contribution in [0.4, 0.5) is 0 Å². The zero-order valence-corrected chi connectivity index (χ0v) is 16.9. The minimum absolute atomic E-state index is 0.0150. The molecule has 0 aliphatic heterocycles. The molecule has 2 aromatic heterocycles. The molecule has 9 heteroatoms. The Morgan fingerprint density at radius 3 is 2.66 bits per heavy atom. The second-order valence-electron chi connectivity index (χ2n) is 6.53. The third-order valence-corrected chi connectivity index (χ3v) is 3.96. The van der Waals surface area contributed by atoms with E-state index in [-0.39, 0.29) is 18.3 Å². The molecule has 0 atom stereocenters. The van der Waals surface area contributed by atoms with E-state index in [9.17, 15) is 14.4 Å². The number of esters is 2. The number of ether oxygens (including phenoxy) is 2. The van der Waals surface area contributed by atoms with Crippen LogP contribution in [0.15, 0.2) is 30.6 Å². The van der Waals surface area contributed by atoms with Crippen LogP contribution in [0, 0.1) is 0 Å². The van der Waals surface area contributed by atoms with Gasteiger partial charge in [-0.3, -0.25) is 9.59 Å². The maximum absolute atomic E-state index is 12.5. The lowest BCUT2D eigenvalue weighted by molar-refractivity contribution is -0.143. The monoisotopic (exact) mass is 402 g/mol. The summed E-state index contributed by atoms with van der Waals surface area (Å²) in [4.78, 5) is 39.8. The Morgan fingerprint density at radius 2 is 2.00 bits per heavy atom. The molecule has 0 bridgehead atoms. The van der Waals surface area contributed by atoms with E-state index >= 15 is 0 Å². The molecule has 9 nitrogen and oxygen atoms in total. The van der Waals surface area contributed by atoms with Crippen molar-refractivity contribution in [2.24, 2.45) is 0 Å². The van der Waals surface area contributed by atoms with Gasteiger partial charge in [0.25, 0.3) is 5.91 Å². The van der Waals surface area contributed by atoms with E-state index in [0.717, 1.165) is 0 Å². The van der Waals surface area contributed by atoms with Crippen molar-refractivity contribution in [1.82, 2.24) is 20.1 Å². The molecule has 2 aromatic rings. The number of nitrogens with zero attached hydrogens (tertiary/aromatic N) is 3. The molecule has 0 saturated heterocycles. The van der Waals surface area contributed by atoms with Crippen molar-refractivity contribution in [3.8, 4) is 5.82 Å². The first kappa shape index (κ1) is 22.1. The minimum atomic E-state index is -0.627. The number of carbonyl (C=O) groups excluding carboxylic acids is 3. The van der Waals surface area contributed by atoms with Gasteiger partial charge in [0.15, 0.2) is 12.4 Å². The van der Waals surface area contributed by atoms with Gasteiger partial charge in [-0.25, -0.2) is 14.5 Å². The Balaban J connectivity index is 1.90. The number of rotatable bonds is 10. The van der Waals surface area contributed by atoms with Crippen LogP contribution in [0.5, 0.6) is 0 Å². The van der Waals surface area contributed by atoms with Crippen molar-refractivity contribution in [3.05, 3.63) is 41.9 Å². The van der Waals surface area contributed by atoms with E-state index in [1.807, 2.05) is 19.9 Å². The summed E-state index contributed by atoms with van der Waals surface area (Å²) in [5, 5.41) is 6.86. The lowest BCUT2D eigenvalue weighted by Gasteiger charge is -2.12. The van der Waals surface area contributed by atoms with E-state index in [1.54, 1.807) is 29.9 Å². The Kier molecular flexibility index (Phi) is 8.32. The van der Waals surface area contributed by atoms with Gasteiger partial charge in [0.1, 0.15) is 5.56 Å². The molecular formula is C20H26N4O5. The van der Waals surface area contributed by atoms with Gasteiger partial charge in [0, 0.05) is 19.2 Å². The fourth-order valence-corrected chi connectivity index (χ4v) is 2.69. The summed E-state index contributed by atoms with van der Waals surface area (Å²) in [5.41, 5.74) is 0.948. The first-order valence-electron chi connectivity index (χ1n) is 9.52. The van der Waals surface area contributed by atoms with Crippen LogP contribution < -0.4 is 5.32 Å². The highest BCUT2D eigenvalue weighted by Gasteiger charge is 2.23. The van der Waals surface area contributed by atoms with Crippen LogP contribution in [0.2, 0.25) is 0 Å². The van der Waals surface area contributed by atoms with Gasteiger partial charge >= 0.3 is 11.9 Å². The van der Waals surface area contributed by atoms with Crippen LogP contribution in [-0.2, 0) is 19.1 Å². The highest BCUT2D eigenvalue weighted by atomic mass is 16.5. The molecule has 0 radical (unpaired) electrons. The molecule has 0 fully saturated rings. The molecule has 0 unspecified atom stereocenters. The van der Waals surface area contributed by atoms with Crippen molar-refractivity contribution in [2.45, 2.75) is 39.5 Å². The van der Waals surface area contributed by atoms with Gasteiger partial charge in [-0.15, -0.1) is 0 Å². The highest BCUT2D eigenvalue weighted by molar-refractivity contribution is 5.92. The molecular weight excluding hydrogens is 376 g/mol. The minimum Gasteiger partial charge on any atom is -0.466 e. The number of pyridine rings is 1. The summed E-state index contributed by atoms with van der Waals surface area (Å²) in [6.07, 6.45) is 3.74. The average Bonchev–Trinajstić information content (AvgIpc) is 3.16.